The zero-order valence-corrected chi connectivity index (χ0v) is 16.8. The number of benzene rings is 1. The molecule has 1 N–H and O–H groups in total. The van der Waals surface area contributed by atoms with Crippen molar-refractivity contribution in [3.63, 3.8) is 0 Å². The third-order valence-corrected chi connectivity index (χ3v) is 5.06. The molecule has 0 radical (unpaired) electrons. The van der Waals surface area contributed by atoms with Crippen LogP contribution < -0.4 is 5.32 Å². The van der Waals surface area contributed by atoms with E-state index in [9.17, 15) is 9.59 Å². The highest BCUT2D eigenvalue weighted by molar-refractivity contribution is 5.97. The minimum atomic E-state index is -0.543. The van der Waals surface area contributed by atoms with Crippen molar-refractivity contribution >= 4 is 11.9 Å². The largest absolute Gasteiger partial charge is 0.461 e. The molecule has 1 aliphatic rings. The van der Waals surface area contributed by atoms with Crippen LogP contribution in [0.2, 0.25) is 0 Å². The number of carbonyl (C=O) groups excluding carboxylic acids is 2. The smallest absolute Gasteiger partial charge is 0.356 e. The molecular formula is C22H22N4O4. The summed E-state index contributed by atoms with van der Waals surface area (Å²) in [6, 6.07) is 8.93. The lowest BCUT2D eigenvalue weighted by molar-refractivity contribution is 0.0519. The van der Waals surface area contributed by atoms with E-state index in [1.54, 1.807) is 13.0 Å². The monoisotopic (exact) mass is 406 g/mol. The van der Waals surface area contributed by atoms with Crippen LogP contribution in [0.1, 0.15) is 64.2 Å². The molecule has 1 aromatic carbocycles. The molecule has 0 aliphatic heterocycles. The number of aromatic nitrogens is 3. The lowest BCUT2D eigenvalue weighted by Gasteiger charge is -2.14. The number of hydrogen-bond donors (Lipinski definition) is 1. The maximum absolute atomic E-state index is 12.7. The fourth-order valence-electron chi connectivity index (χ4n) is 3.55. The number of hydrogen-bond acceptors (Lipinski definition) is 7. The fraction of sp³-hybridized carbons (Fsp3) is 0.318. The highest BCUT2D eigenvalue weighted by Crippen LogP contribution is 2.34. The van der Waals surface area contributed by atoms with E-state index in [1.807, 2.05) is 19.1 Å². The van der Waals surface area contributed by atoms with Gasteiger partial charge < -0.3 is 14.6 Å². The number of aryl methyl sites for hydroxylation is 2. The van der Waals surface area contributed by atoms with Gasteiger partial charge in [-0.15, -0.1) is 0 Å². The first-order valence-electron chi connectivity index (χ1n) is 9.98. The van der Waals surface area contributed by atoms with Crippen molar-refractivity contribution in [1.82, 2.24) is 20.4 Å². The molecule has 0 saturated carbocycles. The molecule has 2 heterocycles. The topological polar surface area (TPSA) is 107 Å². The molecule has 0 unspecified atom stereocenters. The first-order chi connectivity index (χ1) is 14.6. The highest BCUT2D eigenvalue weighted by atomic mass is 16.5. The standard InChI is InChI=1S/C22H22N4O4/c1-3-19-25-20(26-30-19)14-5-7-16-13(11-14)6-8-17(16)24-21(27)15-9-10-23-18(12-15)22(28)29-4-2/h5,7,9-12,17H,3-4,6,8H2,1-2H3,(H,24,27)/t17-/m1/s1. The van der Waals surface area contributed by atoms with Gasteiger partial charge in [-0.25, -0.2) is 9.78 Å². The van der Waals surface area contributed by atoms with Crippen molar-refractivity contribution in [2.45, 2.75) is 39.2 Å². The maximum Gasteiger partial charge on any atom is 0.356 e. The van der Waals surface area contributed by atoms with Crippen molar-refractivity contribution in [2.24, 2.45) is 0 Å². The van der Waals surface area contributed by atoms with E-state index in [0.717, 1.165) is 29.5 Å². The third-order valence-electron chi connectivity index (χ3n) is 5.06. The van der Waals surface area contributed by atoms with Gasteiger partial charge in [0.2, 0.25) is 11.7 Å². The molecule has 0 spiro atoms. The van der Waals surface area contributed by atoms with Crippen molar-refractivity contribution < 1.29 is 18.8 Å². The van der Waals surface area contributed by atoms with Gasteiger partial charge in [0.1, 0.15) is 5.69 Å². The van der Waals surface area contributed by atoms with E-state index in [-0.39, 0.29) is 24.2 Å². The maximum atomic E-state index is 12.7. The molecule has 30 heavy (non-hydrogen) atoms. The van der Waals surface area contributed by atoms with Crippen molar-refractivity contribution in [2.75, 3.05) is 6.61 Å². The van der Waals surface area contributed by atoms with Crippen LogP contribution in [0.15, 0.2) is 41.1 Å². The summed E-state index contributed by atoms with van der Waals surface area (Å²) >= 11 is 0. The molecule has 8 heteroatoms. The van der Waals surface area contributed by atoms with Gasteiger partial charge >= 0.3 is 5.97 Å². The average molecular weight is 406 g/mol. The highest BCUT2D eigenvalue weighted by Gasteiger charge is 2.25. The molecule has 4 rings (SSSR count). The van der Waals surface area contributed by atoms with Crippen LogP contribution in [-0.2, 0) is 17.6 Å². The predicted octanol–water partition coefficient (Wildman–Crippen LogP) is 3.29. The number of nitrogens with one attached hydrogen (secondary N) is 1. The van der Waals surface area contributed by atoms with Gasteiger partial charge in [0.15, 0.2) is 0 Å². The summed E-state index contributed by atoms with van der Waals surface area (Å²) in [6.07, 6.45) is 3.77. The van der Waals surface area contributed by atoms with Gasteiger partial charge in [0.05, 0.1) is 12.6 Å². The van der Waals surface area contributed by atoms with E-state index in [1.165, 1.54) is 12.3 Å². The summed E-state index contributed by atoms with van der Waals surface area (Å²) in [6.45, 7) is 3.94. The molecule has 8 nitrogen and oxygen atoms in total. The predicted molar refractivity (Wildman–Crippen MR) is 108 cm³/mol. The summed E-state index contributed by atoms with van der Waals surface area (Å²) in [5.41, 5.74) is 3.62. The van der Waals surface area contributed by atoms with Crippen LogP contribution >= 0.6 is 0 Å². The SMILES string of the molecule is CCOC(=O)c1cc(C(=O)N[C@@H]2CCc3cc(-c4noc(CC)n4)ccc32)ccn1. The van der Waals surface area contributed by atoms with Crippen LogP contribution in [0.5, 0.6) is 0 Å². The Balaban J connectivity index is 1.49. The first kappa shape index (κ1) is 19.8. The van der Waals surface area contributed by atoms with Gasteiger partial charge in [-0.2, -0.15) is 4.98 Å². The number of rotatable bonds is 6. The molecule has 3 aromatic rings. The fourth-order valence-corrected chi connectivity index (χ4v) is 3.55. The minimum absolute atomic E-state index is 0.0998. The Bertz CT molecular complexity index is 1090. The number of ether oxygens (including phenoxy) is 1. The molecule has 2 aromatic heterocycles. The Morgan fingerprint density at radius 1 is 1.23 bits per heavy atom. The Morgan fingerprint density at radius 2 is 2.10 bits per heavy atom. The van der Waals surface area contributed by atoms with Gasteiger partial charge in [0.25, 0.3) is 5.91 Å². The van der Waals surface area contributed by atoms with E-state index in [4.69, 9.17) is 9.26 Å². The molecule has 154 valence electrons. The summed E-state index contributed by atoms with van der Waals surface area (Å²) in [4.78, 5) is 33.0. The van der Waals surface area contributed by atoms with Gasteiger partial charge in [-0.05, 0) is 49.1 Å². The Hall–Kier alpha value is -3.55. The number of amides is 1. The third kappa shape index (κ3) is 3.94. The summed E-state index contributed by atoms with van der Waals surface area (Å²) in [5, 5.41) is 7.08. The van der Waals surface area contributed by atoms with E-state index >= 15 is 0 Å². The number of esters is 1. The van der Waals surface area contributed by atoms with Crippen LogP contribution in [0.3, 0.4) is 0 Å². The Morgan fingerprint density at radius 3 is 2.87 bits per heavy atom. The second-order valence-corrected chi connectivity index (χ2v) is 6.99. The van der Waals surface area contributed by atoms with Gasteiger partial charge in [-0.1, -0.05) is 24.2 Å². The van der Waals surface area contributed by atoms with Crippen LogP contribution in [0, 0.1) is 0 Å². The zero-order chi connectivity index (χ0) is 21.1. The van der Waals surface area contributed by atoms with Crippen molar-refractivity contribution in [3.8, 4) is 11.4 Å². The summed E-state index contributed by atoms with van der Waals surface area (Å²) < 4.78 is 10.1. The second kappa shape index (κ2) is 8.44. The molecule has 0 fully saturated rings. The molecule has 1 aliphatic carbocycles. The Labute approximate surface area is 173 Å². The molecule has 1 atom stereocenters. The average Bonchev–Trinajstić information content (AvgIpc) is 3.41. The number of nitrogens with zero attached hydrogens (tertiary/aromatic N) is 3. The summed E-state index contributed by atoms with van der Waals surface area (Å²) in [5.74, 6) is 0.384. The van der Waals surface area contributed by atoms with Gasteiger partial charge in [0, 0.05) is 23.7 Å². The first-order valence-corrected chi connectivity index (χ1v) is 9.98. The lowest BCUT2D eigenvalue weighted by Crippen LogP contribution is -2.27. The van der Waals surface area contributed by atoms with E-state index in [0.29, 0.717) is 23.7 Å². The zero-order valence-electron chi connectivity index (χ0n) is 16.8. The quantitative estimate of drug-likeness (QED) is 0.626. The molecular weight excluding hydrogens is 384 g/mol. The second-order valence-electron chi connectivity index (χ2n) is 6.99. The minimum Gasteiger partial charge on any atom is -0.461 e. The van der Waals surface area contributed by atoms with E-state index in [2.05, 4.69) is 26.5 Å². The number of fused-ring (bicyclic) bond motifs is 1. The lowest BCUT2D eigenvalue weighted by atomic mass is 10.0. The number of carbonyl (C=O) groups is 2. The Kier molecular flexibility index (Phi) is 5.56. The van der Waals surface area contributed by atoms with Crippen molar-refractivity contribution in [1.29, 1.82) is 0 Å². The van der Waals surface area contributed by atoms with Crippen LogP contribution in [0.4, 0.5) is 0 Å². The summed E-state index contributed by atoms with van der Waals surface area (Å²) in [7, 11) is 0. The van der Waals surface area contributed by atoms with Crippen LogP contribution in [-0.4, -0.2) is 33.6 Å². The van der Waals surface area contributed by atoms with E-state index < -0.39 is 5.97 Å². The molecule has 0 bridgehead atoms. The number of pyridine rings is 1. The normalized spacial score (nSPS) is 14.9. The van der Waals surface area contributed by atoms with Crippen LogP contribution in [0.25, 0.3) is 11.4 Å². The van der Waals surface area contributed by atoms with Crippen molar-refractivity contribution in [3.05, 3.63) is 64.8 Å². The molecule has 0 saturated heterocycles. The van der Waals surface area contributed by atoms with Gasteiger partial charge in [-0.3, -0.25) is 4.79 Å². The molecule has 1 amide bonds.